The SMILES string of the molecule is CN(c1ncnc2[nH]ccc12)C1CCC(CS(=O)(=O)N2CC[C@H](CN)C2)CC1. The van der Waals surface area contributed by atoms with Gasteiger partial charge in [-0.2, -0.15) is 0 Å². The highest BCUT2D eigenvalue weighted by atomic mass is 32.2. The predicted molar refractivity (Wildman–Crippen MR) is 111 cm³/mol. The van der Waals surface area contributed by atoms with Gasteiger partial charge in [0, 0.05) is 32.4 Å². The Morgan fingerprint density at radius 2 is 2.00 bits per heavy atom. The summed E-state index contributed by atoms with van der Waals surface area (Å²) in [5.41, 5.74) is 6.55. The standard InChI is InChI=1S/C19H30N6O2S/c1-24(19-17-6-8-21-18(17)22-13-23-19)16-4-2-14(3-5-16)12-28(26,27)25-9-7-15(10-20)11-25/h6,8,13-16H,2-5,7,9-12,20H2,1H3,(H,21,22,23)/t14?,15-,16?/m1/s1. The van der Waals surface area contributed by atoms with Gasteiger partial charge in [-0.1, -0.05) is 0 Å². The van der Waals surface area contributed by atoms with E-state index in [4.69, 9.17) is 5.73 Å². The van der Waals surface area contributed by atoms with E-state index in [-0.39, 0.29) is 11.7 Å². The molecule has 0 bridgehead atoms. The van der Waals surface area contributed by atoms with E-state index >= 15 is 0 Å². The maximum atomic E-state index is 12.8. The summed E-state index contributed by atoms with van der Waals surface area (Å²) in [6.07, 6.45) is 8.20. The summed E-state index contributed by atoms with van der Waals surface area (Å²) in [7, 11) is -1.10. The third kappa shape index (κ3) is 3.88. The smallest absolute Gasteiger partial charge is 0.214 e. The molecule has 28 heavy (non-hydrogen) atoms. The zero-order valence-electron chi connectivity index (χ0n) is 16.4. The minimum Gasteiger partial charge on any atom is -0.356 e. The monoisotopic (exact) mass is 406 g/mol. The number of hydrogen-bond donors (Lipinski definition) is 2. The second kappa shape index (κ2) is 7.96. The molecule has 1 atom stereocenters. The van der Waals surface area contributed by atoms with Crippen LogP contribution in [0.4, 0.5) is 5.82 Å². The maximum Gasteiger partial charge on any atom is 0.214 e. The topological polar surface area (TPSA) is 108 Å². The lowest BCUT2D eigenvalue weighted by molar-refractivity contribution is 0.335. The van der Waals surface area contributed by atoms with Gasteiger partial charge in [-0.25, -0.2) is 22.7 Å². The van der Waals surface area contributed by atoms with E-state index in [0.29, 0.717) is 31.6 Å². The first-order chi connectivity index (χ1) is 13.5. The van der Waals surface area contributed by atoms with Crippen molar-refractivity contribution in [1.82, 2.24) is 19.3 Å². The highest BCUT2D eigenvalue weighted by Crippen LogP contribution is 2.33. The number of aromatic amines is 1. The van der Waals surface area contributed by atoms with Gasteiger partial charge in [0.25, 0.3) is 0 Å². The fourth-order valence-corrected chi connectivity index (χ4v) is 6.62. The molecule has 3 N–H and O–H groups in total. The second-order valence-electron chi connectivity index (χ2n) is 8.25. The molecule has 1 saturated carbocycles. The van der Waals surface area contributed by atoms with Gasteiger partial charge in [0.1, 0.15) is 17.8 Å². The Kier molecular flexibility index (Phi) is 5.57. The molecular formula is C19H30N6O2S. The van der Waals surface area contributed by atoms with Crippen molar-refractivity contribution in [1.29, 1.82) is 0 Å². The third-order valence-electron chi connectivity index (χ3n) is 6.45. The molecule has 9 heteroatoms. The number of fused-ring (bicyclic) bond motifs is 1. The number of anilines is 1. The van der Waals surface area contributed by atoms with Crippen LogP contribution in [0.25, 0.3) is 11.0 Å². The van der Waals surface area contributed by atoms with Crippen LogP contribution in [0.15, 0.2) is 18.6 Å². The van der Waals surface area contributed by atoms with Crippen molar-refractivity contribution in [3.63, 3.8) is 0 Å². The van der Waals surface area contributed by atoms with Gasteiger partial charge in [-0.3, -0.25) is 0 Å². The Balaban J connectivity index is 1.35. The van der Waals surface area contributed by atoms with Gasteiger partial charge < -0.3 is 15.6 Å². The largest absolute Gasteiger partial charge is 0.356 e. The van der Waals surface area contributed by atoms with E-state index in [1.54, 1.807) is 10.6 Å². The molecule has 154 valence electrons. The van der Waals surface area contributed by atoms with Crippen LogP contribution < -0.4 is 10.6 Å². The maximum absolute atomic E-state index is 12.8. The molecule has 2 aromatic heterocycles. The third-order valence-corrected chi connectivity index (χ3v) is 8.46. The molecule has 0 unspecified atom stereocenters. The highest BCUT2D eigenvalue weighted by molar-refractivity contribution is 7.89. The Bertz CT molecular complexity index is 906. The number of nitrogens with one attached hydrogen (secondary N) is 1. The van der Waals surface area contributed by atoms with Crippen molar-refractivity contribution >= 4 is 26.9 Å². The Hall–Kier alpha value is -1.71. The fraction of sp³-hybridized carbons (Fsp3) is 0.684. The van der Waals surface area contributed by atoms with Gasteiger partial charge in [0.15, 0.2) is 0 Å². The molecule has 3 heterocycles. The number of nitrogens with two attached hydrogens (primary N) is 1. The van der Waals surface area contributed by atoms with Crippen LogP contribution in [0, 0.1) is 11.8 Å². The van der Waals surface area contributed by atoms with Crippen molar-refractivity contribution in [2.75, 3.05) is 37.3 Å². The summed E-state index contributed by atoms with van der Waals surface area (Å²) in [5.74, 6) is 1.77. The molecule has 0 radical (unpaired) electrons. The lowest BCUT2D eigenvalue weighted by Crippen LogP contribution is -2.39. The summed E-state index contributed by atoms with van der Waals surface area (Å²) in [5, 5.41) is 1.03. The van der Waals surface area contributed by atoms with Crippen LogP contribution >= 0.6 is 0 Å². The summed E-state index contributed by atoms with van der Waals surface area (Å²) < 4.78 is 27.2. The Morgan fingerprint density at radius 1 is 1.21 bits per heavy atom. The zero-order valence-corrected chi connectivity index (χ0v) is 17.2. The normalized spacial score (nSPS) is 26.7. The fourth-order valence-electron chi connectivity index (χ4n) is 4.66. The van der Waals surface area contributed by atoms with Gasteiger partial charge >= 0.3 is 0 Å². The molecule has 1 aliphatic heterocycles. The lowest BCUT2D eigenvalue weighted by Gasteiger charge is -2.35. The summed E-state index contributed by atoms with van der Waals surface area (Å²) >= 11 is 0. The molecule has 2 fully saturated rings. The second-order valence-corrected chi connectivity index (χ2v) is 10.3. The van der Waals surface area contributed by atoms with Crippen LogP contribution in [-0.4, -0.2) is 66.2 Å². The number of rotatable bonds is 6. The number of hydrogen-bond acceptors (Lipinski definition) is 6. The Morgan fingerprint density at radius 3 is 2.71 bits per heavy atom. The quantitative estimate of drug-likeness (QED) is 0.754. The van der Waals surface area contributed by atoms with Gasteiger partial charge in [-0.05, 0) is 56.6 Å². The number of nitrogens with zero attached hydrogens (tertiary/aromatic N) is 4. The Labute approximate surface area is 166 Å². The van der Waals surface area contributed by atoms with Gasteiger partial charge in [-0.15, -0.1) is 0 Å². The van der Waals surface area contributed by atoms with E-state index in [2.05, 4.69) is 26.9 Å². The number of sulfonamides is 1. The molecule has 2 aliphatic rings. The first-order valence-electron chi connectivity index (χ1n) is 10.2. The van der Waals surface area contributed by atoms with E-state index in [0.717, 1.165) is 49.0 Å². The molecule has 1 saturated heterocycles. The predicted octanol–water partition coefficient (Wildman–Crippen LogP) is 1.56. The van der Waals surface area contributed by atoms with Crippen molar-refractivity contribution in [2.45, 2.75) is 38.1 Å². The minimum absolute atomic E-state index is 0.240. The van der Waals surface area contributed by atoms with Crippen LogP contribution in [0.1, 0.15) is 32.1 Å². The van der Waals surface area contributed by atoms with Gasteiger partial charge in [0.05, 0.1) is 11.1 Å². The van der Waals surface area contributed by atoms with Crippen molar-refractivity contribution in [3.8, 4) is 0 Å². The van der Waals surface area contributed by atoms with Crippen LogP contribution in [0.5, 0.6) is 0 Å². The first-order valence-corrected chi connectivity index (χ1v) is 11.8. The van der Waals surface area contributed by atoms with Crippen LogP contribution in [0.3, 0.4) is 0 Å². The average Bonchev–Trinajstić information content (AvgIpc) is 3.37. The molecule has 8 nitrogen and oxygen atoms in total. The molecule has 0 spiro atoms. The van der Waals surface area contributed by atoms with Crippen molar-refractivity contribution in [2.24, 2.45) is 17.6 Å². The average molecular weight is 407 g/mol. The number of aromatic nitrogens is 3. The van der Waals surface area contributed by atoms with Crippen LogP contribution in [0.2, 0.25) is 0 Å². The first kappa shape index (κ1) is 19.6. The summed E-state index contributed by atoms with van der Waals surface area (Å²) in [4.78, 5) is 14.1. The lowest BCUT2D eigenvalue weighted by atomic mass is 9.86. The van der Waals surface area contributed by atoms with Crippen molar-refractivity contribution in [3.05, 3.63) is 18.6 Å². The molecular weight excluding hydrogens is 376 g/mol. The molecule has 0 amide bonds. The molecule has 4 rings (SSSR count). The zero-order chi connectivity index (χ0) is 19.7. The number of H-pyrrole nitrogens is 1. The summed E-state index contributed by atoms with van der Waals surface area (Å²) in [6.45, 7) is 1.79. The van der Waals surface area contributed by atoms with E-state index in [1.807, 2.05) is 12.3 Å². The molecule has 0 aromatic carbocycles. The summed E-state index contributed by atoms with van der Waals surface area (Å²) in [6, 6.07) is 2.38. The van der Waals surface area contributed by atoms with Crippen molar-refractivity contribution < 1.29 is 8.42 Å². The minimum atomic E-state index is -3.17. The highest BCUT2D eigenvalue weighted by Gasteiger charge is 2.34. The van der Waals surface area contributed by atoms with Gasteiger partial charge in [0.2, 0.25) is 10.0 Å². The van der Waals surface area contributed by atoms with Crippen LogP contribution in [-0.2, 0) is 10.0 Å². The van der Waals surface area contributed by atoms with E-state index in [1.165, 1.54) is 0 Å². The molecule has 2 aromatic rings. The van der Waals surface area contributed by atoms with E-state index < -0.39 is 10.0 Å². The molecule has 1 aliphatic carbocycles. The van der Waals surface area contributed by atoms with E-state index in [9.17, 15) is 8.42 Å².